The third kappa shape index (κ3) is 5.21. The summed E-state index contributed by atoms with van der Waals surface area (Å²) in [5, 5.41) is 13.1. The number of amides is 1. The second kappa shape index (κ2) is 8.01. The highest BCUT2D eigenvalue weighted by atomic mass is 35.5. The van der Waals surface area contributed by atoms with Crippen LogP contribution < -0.4 is 10.0 Å². The molecule has 132 valence electrons. The number of nitrogens with one attached hydrogen (secondary N) is 2. The average molecular weight is 385 g/mol. The number of pyridine rings is 1. The van der Waals surface area contributed by atoms with E-state index in [9.17, 15) is 23.3 Å². The van der Waals surface area contributed by atoms with Crippen LogP contribution in [0.3, 0.4) is 0 Å². The van der Waals surface area contributed by atoms with Crippen LogP contribution in [0.5, 0.6) is 0 Å². The number of halogens is 1. The first-order valence-electron chi connectivity index (χ1n) is 6.90. The summed E-state index contributed by atoms with van der Waals surface area (Å²) in [6.45, 7) is -0.376. The van der Waals surface area contributed by atoms with Crippen LogP contribution in [0.4, 0.5) is 5.69 Å². The van der Waals surface area contributed by atoms with Crippen LogP contribution in [-0.4, -0.2) is 30.8 Å². The number of sulfonamides is 1. The van der Waals surface area contributed by atoms with Crippen molar-refractivity contribution in [1.82, 2.24) is 15.0 Å². The van der Waals surface area contributed by atoms with E-state index in [2.05, 4.69) is 15.0 Å². The fourth-order valence-electron chi connectivity index (χ4n) is 1.80. The number of hydrogen-bond donors (Lipinski definition) is 2. The number of carbonyl (C=O) groups excluding carboxylic acids is 1. The van der Waals surface area contributed by atoms with Gasteiger partial charge in [0.15, 0.2) is 0 Å². The molecule has 0 aliphatic rings. The molecule has 1 aromatic carbocycles. The van der Waals surface area contributed by atoms with E-state index in [0.717, 1.165) is 18.2 Å². The summed E-state index contributed by atoms with van der Waals surface area (Å²) in [5.74, 6) is -0.572. The van der Waals surface area contributed by atoms with Crippen molar-refractivity contribution in [1.29, 1.82) is 0 Å². The lowest BCUT2D eigenvalue weighted by atomic mass is 10.3. The maximum atomic E-state index is 12.1. The molecule has 1 aromatic heterocycles. The monoisotopic (exact) mass is 384 g/mol. The van der Waals surface area contributed by atoms with Gasteiger partial charge in [-0.15, -0.1) is 0 Å². The molecule has 11 heteroatoms. The van der Waals surface area contributed by atoms with Crippen LogP contribution in [0.2, 0.25) is 5.02 Å². The zero-order valence-electron chi connectivity index (χ0n) is 12.7. The lowest BCUT2D eigenvalue weighted by Crippen LogP contribution is -2.36. The minimum absolute atomic E-state index is 0.147. The molecule has 0 bridgehead atoms. The molecule has 2 aromatic rings. The van der Waals surface area contributed by atoms with Crippen molar-refractivity contribution in [3.8, 4) is 0 Å². The molecular formula is C14H13ClN4O5S. The molecular weight excluding hydrogens is 372 g/mol. The average Bonchev–Trinajstić information content (AvgIpc) is 2.59. The predicted molar refractivity (Wildman–Crippen MR) is 89.4 cm³/mol. The van der Waals surface area contributed by atoms with E-state index in [1.54, 1.807) is 24.4 Å². The Morgan fingerprint density at radius 3 is 2.68 bits per heavy atom. The molecule has 0 unspecified atom stereocenters. The predicted octanol–water partition coefficient (Wildman–Crippen LogP) is 1.24. The minimum Gasteiger partial charge on any atom is -0.349 e. The van der Waals surface area contributed by atoms with Gasteiger partial charge >= 0.3 is 0 Å². The lowest BCUT2D eigenvalue weighted by molar-refractivity contribution is -0.384. The van der Waals surface area contributed by atoms with Gasteiger partial charge in [-0.3, -0.25) is 19.9 Å². The number of nitro groups is 1. The van der Waals surface area contributed by atoms with Gasteiger partial charge in [-0.05, 0) is 24.3 Å². The molecule has 0 fully saturated rings. The van der Waals surface area contributed by atoms with Gasteiger partial charge in [0.25, 0.3) is 5.69 Å². The normalized spacial score (nSPS) is 11.1. The molecule has 2 N–H and O–H groups in total. The third-order valence-electron chi connectivity index (χ3n) is 3.04. The topological polar surface area (TPSA) is 131 Å². The van der Waals surface area contributed by atoms with E-state index in [4.69, 9.17) is 11.6 Å². The number of hydrogen-bond acceptors (Lipinski definition) is 6. The summed E-state index contributed by atoms with van der Waals surface area (Å²) in [6.07, 6.45) is 1.57. The molecule has 25 heavy (non-hydrogen) atoms. The molecule has 2 rings (SSSR count). The van der Waals surface area contributed by atoms with Gasteiger partial charge in [0.1, 0.15) is 5.02 Å². The summed E-state index contributed by atoms with van der Waals surface area (Å²) in [5.41, 5.74) is 0.0798. The highest BCUT2D eigenvalue weighted by molar-refractivity contribution is 7.89. The minimum atomic E-state index is -4.10. The fourth-order valence-corrected chi connectivity index (χ4v) is 2.99. The van der Waals surface area contributed by atoms with Crippen LogP contribution in [0.1, 0.15) is 5.69 Å². The molecule has 0 radical (unpaired) electrons. The van der Waals surface area contributed by atoms with Crippen molar-refractivity contribution in [3.63, 3.8) is 0 Å². The summed E-state index contributed by atoms with van der Waals surface area (Å²) < 4.78 is 26.3. The van der Waals surface area contributed by atoms with Crippen molar-refractivity contribution < 1.29 is 18.1 Å². The molecule has 0 atom stereocenters. The molecule has 0 spiro atoms. The molecule has 0 saturated heterocycles. The second-order valence-corrected chi connectivity index (χ2v) is 6.97. The Bertz CT molecular complexity index is 889. The van der Waals surface area contributed by atoms with Crippen molar-refractivity contribution in [3.05, 3.63) is 63.4 Å². The molecule has 0 saturated carbocycles. The standard InChI is InChI=1S/C14H13ClN4O5S/c15-12-5-4-11(7-13(12)19(21)22)25(23,24)18-9-14(20)17-8-10-3-1-2-6-16-10/h1-7,18H,8-9H2,(H,17,20). The van der Waals surface area contributed by atoms with Gasteiger partial charge in [-0.25, -0.2) is 13.1 Å². The summed E-state index contributed by atoms with van der Waals surface area (Å²) in [7, 11) is -4.10. The SMILES string of the molecule is O=C(CNS(=O)(=O)c1ccc(Cl)c([N+](=O)[O-])c1)NCc1ccccn1. The summed E-state index contributed by atoms with van der Waals surface area (Å²) >= 11 is 5.64. The second-order valence-electron chi connectivity index (χ2n) is 4.79. The number of nitro benzene ring substituents is 1. The van der Waals surface area contributed by atoms with E-state index >= 15 is 0 Å². The third-order valence-corrected chi connectivity index (χ3v) is 4.76. The van der Waals surface area contributed by atoms with Crippen LogP contribution in [0.15, 0.2) is 47.5 Å². The van der Waals surface area contributed by atoms with E-state index in [0.29, 0.717) is 5.69 Å². The number of carbonyl (C=O) groups is 1. The Kier molecular flexibility index (Phi) is 6.02. The zero-order chi connectivity index (χ0) is 18.4. The first kappa shape index (κ1) is 18.8. The highest BCUT2D eigenvalue weighted by Crippen LogP contribution is 2.26. The smallest absolute Gasteiger partial charge is 0.289 e. The van der Waals surface area contributed by atoms with Gasteiger partial charge in [0.05, 0.1) is 28.6 Å². The summed E-state index contributed by atoms with van der Waals surface area (Å²) in [4.78, 5) is 25.4. The Labute approximate surface area is 148 Å². The highest BCUT2D eigenvalue weighted by Gasteiger charge is 2.21. The van der Waals surface area contributed by atoms with Gasteiger partial charge in [-0.1, -0.05) is 17.7 Å². The molecule has 1 heterocycles. The quantitative estimate of drug-likeness (QED) is 0.545. The molecule has 0 aliphatic heterocycles. The van der Waals surface area contributed by atoms with Crippen LogP contribution >= 0.6 is 11.6 Å². The van der Waals surface area contributed by atoms with Crippen molar-refractivity contribution in [2.75, 3.05) is 6.54 Å². The number of aromatic nitrogens is 1. The van der Waals surface area contributed by atoms with Crippen LogP contribution in [0.25, 0.3) is 0 Å². The van der Waals surface area contributed by atoms with E-state index in [-0.39, 0.29) is 16.5 Å². The van der Waals surface area contributed by atoms with Crippen LogP contribution in [0, 0.1) is 10.1 Å². The first-order chi connectivity index (χ1) is 11.8. The van der Waals surface area contributed by atoms with Gasteiger partial charge in [0.2, 0.25) is 15.9 Å². The Balaban J connectivity index is 1.98. The van der Waals surface area contributed by atoms with E-state index in [1.807, 2.05) is 0 Å². The lowest BCUT2D eigenvalue weighted by Gasteiger charge is -2.08. The van der Waals surface area contributed by atoms with Gasteiger partial charge < -0.3 is 5.32 Å². The Morgan fingerprint density at radius 1 is 1.28 bits per heavy atom. The molecule has 9 nitrogen and oxygen atoms in total. The first-order valence-corrected chi connectivity index (χ1v) is 8.76. The molecule has 1 amide bonds. The van der Waals surface area contributed by atoms with Gasteiger partial charge in [0, 0.05) is 12.3 Å². The Morgan fingerprint density at radius 2 is 2.04 bits per heavy atom. The number of nitrogens with zero attached hydrogens (tertiary/aromatic N) is 2. The van der Waals surface area contributed by atoms with Crippen molar-refractivity contribution >= 4 is 33.2 Å². The largest absolute Gasteiger partial charge is 0.349 e. The van der Waals surface area contributed by atoms with Crippen LogP contribution in [-0.2, 0) is 21.4 Å². The number of benzene rings is 1. The molecule has 0 aliphatic carbocycles. The number of rotatable bonds is 7. The fraction of sp³-hybridized carbons (Fsp3) is 0.143. The zero-order valence-corrected chi connectivity index (χ0v) is 14.2. The van der Waals surface area contributed by atoms with Crippen molar-refractivity contribution in [2.45, 2.75) is 11.4 Å². The maximum Gasteiger partial charge on any atom is 0.289 e. The van der Waals surface area contributed by atoms with Gasteiger partial charge in [-0.2, -0.15) is 0 Å². The Hall–Kier alpha value is -2.56. The van der Waals surface area contributed by atoms with E-state index in [1.165, 1.54) is 0 Å². The van der Waals surface area contributed by atoms with Crippen molar-refractivity contribution in [2.24, 2.45) is 0 Å². The maximum absolute atomic E-state index is 12.1. The van der Waals surface area contributed by atoms with E-state index < -0.39 is 33.1 Å². The summed E-state index contributed by atoms with van der Waals surface area (Å²) in [6, 6.07) is 8.24.